The van der Waals surface area contributed by atoms with Gasteiger partial charge in [0, 0.05) is 69.5 Å². The van der Waals surface area contributed by atoms with Crippen LogP contribution in [0.4, 0.5) is 35.1 Å². The zero-order valence-electron chi connectivity index (χ0n) is 26.2. The van der Waals surface area contributed by atoms with Crippen LogP contribution in [0.2, 0.25) is 0 Å². The van der Waals surface area contributed by atoms with Crippen molar-refractivity contribution in [3.05, 3.63) is 94.4 Å². The molecule has 0 spiro atoms. The molecule has 2 amide bonds. The van der Waals surface area contributed by atoms with Crippen molar-refractivity contribution in [2.24, 2.45) is 0 Å². The second-order valence-corrected chi connectivity index (χ2v) is 12.9. The minimum Gasteiger partial charge on any atom is -0.472 e. The van der Waals surface area contributed by atoms with Gasteiger partial charge in [-0.2, -0.15) is 26.3 Å². The van der Waals surface area contributed by atoms with E-state index in [1.165, 1.54) is 23.5 Å². The second-order valence-electron chi connectivity index (χ2n) is 12.9. The molecule has 3 aromatic rings. The molecule has 3 unspecified atom stereocenters. The molecule has 0 aliphatic carbocycles. The first-order valence-corrected chi connectivity index (χ1v) is 16.0. The van der Waals surface area contributed by atoms with Gasteiger partial charge < -0.3 is 14.2 Å². The van der Waals surface area contributed by atoms with Gasteiger partial charge in [-0.1, -0.05) is 6.07 Å². The van der Waals surface area contributed by atoms with Crippen LogP contribution in [-0.4, -0.2) is 95.4 Å². The summed E-state index contributed by atoms with van der Waals surface area (Å²) in [7, 11) is 0. The molecule has 0 radical (unpaired) electrons. The van der Waals surface area contributed by atoms with Gasteiger partial charge in [0.05, 0.1) is 23.0 Å². The number of amides is 2. The molecule has 3 aliphatic rings. The Kier molecular flexibility index (Phi) is 9.77. The van der Waals surface area contributed by atoms with Crippen LogP contribution in [-0.2, 0) is 18.8 Å². The highest BCUT2D eigenvalue weighted by molar-refractivity contribution is 5.95. The highest BCUT2D eigenvalue weighted by atomic mass is 19.4. The SMILES string of the molecule is O=C(c1ccoc1)N1CCC(N2CCN(C3CCN(C(=O)c4cc(C(F)(F)F)cc(C(F)(F)F)c4)C(Cc4ccc(F)c(F)c4)C3)CC2)C1. The van der Waals surface area contributed by atoms with Crippen molar-refractivity contribution < 1.29 is 49.1 Å². The van der Waals surface area contributed by atoms with Crippen molar-refractivity contribution in [3.8, 4) is 0 Å². The fourth-order valence-electron chi connectivity index (χ4n) is 7.27. The molecule has 3 aliphatic heterocycles. The van der Waals surface area contributed by atoms with Crippen molar-refractivity contribution >= 4 is 11.8 Å². The van der Waals surface area contributed by atoms with Crippen LogP contribution in [0.25, 0.3) is 0 Å². The highest BCUT2D eigenvalue weighted by Crippen LogP contribution is 2.37. The van der Waals surface area contributed by atoms with E-state index in [2.05, 4.69) is 9.80 Å². The van der Waals surface area contributed by atoms with Crippen LogP contribution in [0, 0.1) is 11.6 Å². The molecule has 264 valence electrons. The molecule has 15 heteroatoms. The number of likely N-dealkylation sites (tertiary alicyclic amines) is 2. The first-order valence-electron chi connectivity index (χ1n) is 16.0. The molecule has 0 N–H and O–H groups in total. The summed E-state index contributed by atoms with van der Waals surface area (Å²) in [5, 5.41) is 0. The summed E-state index contributed by atoms with van der Waals surface area (Å²) in [5.74, 6) is -3.26. The molecule has 3 saturated heterocycles. The maximum absolute atomic E-state index is 14.1. The van der Waals surface area contributed by atoms with Crippen molar-refractivity contribution in [1.29, 1.82) is 0 Å². The van der Waals surface area contributed by atoms with Gasteiger partial charge >= 0.3 is 12.4 Å². The first-order chi connectivity index (χ1) is 23.2. The molecule has 1 aromatic heterocycles. The Morgan fingerprint density at radius 2 is 1.35 bits per heavy atom. The molecule has 6 rings (SSSR count). The summed E-state index contributed by atoms with van der Waals surface area (Å²) in [5.41, 5.74) is -3.09. The largest absolute Gasteiger partial charge is 0.472 e. The van der Waals surface area contributed by atoms with Crippen LogP contribution >= 0.6 is 0 Å². The van der Waals surface area contributed by atoms with Gasteiger partial charge in [-0.05, 0) is 67.6 Å². The number of benzene rings is 2. The van der Waals surface area contributed by atoms with Gasteiger partial charge in [0.1, 0.15) is 6.26 Å². The normalized spacial score (nSPS) is 22.9. The number of halogens is 8. The van der Waals surface area contributed by atoms with Crippen molar-refractivity contribution in [2.75, 3.05) is 45.8 Å². The van der Waals surface area contributed by atoms with Gasteiger partial charge in [-0.15, -0.1) is 0 Å². The fraction of sp³-hybridized carbons (Fsp3) is 0.471. The Morgan fingerprint density at radius 1 is 0.714 bits per heavy atom. The van der Waals surface area contributed by atoms with Crippen LogP contribution in [0.3, 0.4) is 0 Å². The quantitative estimate of drug-likeness (QED) is 0.282. The number of nitrogens with zero attached hydrogens (tertiary/aromatic N) is 4. The van der Waals surface area contributed by atoms with Gasteiger partial charge in [0.15, 0.2) is 11.6 Å². The van der Waals surface area contributed by atoms with Gasteiger partial charge in [-0.3, -0.25) is 19.4 Å². The molecule has 3 fully saturated rings. The van der Waals surface area contributed by atoms with E-state index in [1.54, 1.807) is 11.0 Å². The predicted octanol–water partition coefficient (Wildman–Crippen LogP) is 6.34. The number of carbonyl (C=O) groups is 2. The Hall–Kier alpha value is -3.98. The minimum absolute atomic E-state index is 0.0209. The zero-order chi connectivity index (χ0) is 35.1. The summed E-state index contributed by atoms with van der Waals surface area (Å²) in [4.78, 5) is 34.1. The van der Waals surface area contributed by atoms with E-state index >= 15 is 0 Å². The number of alkyl halides is 6. The average molecular weight is 699 g/mol. The van der Waals surface area contributed by atoms with E-state index in [1.807, 2.05) is 0 Å². The molecule has 0 bridgehead atoms. The second kappa shape index (κ2) is 13.7. The lowest BCUT2D eigenvalue weighted by atomic mass is 9.90. The molecule has 49 heavy (non-hydrogen) atoms. The minimum atomic E-state index is -5.12. The zero-order valence-corrected chi connectivity index (χ0v) is 26.2. The van der Waals surface area contributed by atoms with E-state index in [4.69, 9.17) is 4.42 Å². The van der Waals surface area contributed by atoms with Crippen molar-refractivity contribution in [3.63, 3.8) is 0 Å². The monoisotopic (exact) mass is 698 g/mol. The summed E-state index contributed by atoms with van der Waals surface area (Å²) < 4.78 is 114. The van der Waals surface area contributed by atoms with E-state index in [0.717, 1.165) is 31.6 Å². The van der Waals surface area contributed by atoms with Gasteiger partial charge in [0.25, 0.3) is 11.8 Å². The molecule has 0 saturated carbocycles. The van der Waals surface area contributed by atoms with E-state index in [-0.39, 0.29) is 37.0 Å². The molecule has 2 aromatic carbocycles. The summed E-state index contributed by atoms with van der Waals surface area (Å²) in [6.45, 7) is 4.04. The van der Waals surface area contributed by atoms with E-state index in [0.29, 0.717) is 62.3 Å². The predicted molar refractivity (Wildman–Crippen MR) is 161 cm³/mol. The molecular formula is C34H34F8N4O3. The number of piperazine rings is 1. The average Bonchev–Trinajstić information content (AvgIpc) is 3.79. The summed E-state index contributed by atoms with van der Waals surface area (Å²) in [6, 6.07) is 5.11. The fourth-order valence-corrected chi connectivity index (χ4v) is 7.27. The number of piperidine rings is 1. The third kappa shape index (κ3) is 7.77. The van der Waals surface area contributed by atoms with Crippen molar-refractivity contribution in [1.82, 2.24) is 19.6 Å². The third-order valence-corrected chi connectivity index (χ3v) is 9.84. The van der Waals surface area contributed by atoms with E-state index < -0.39 is 52.6 Å². The van der Waals surface area contributed by atoms with Crippen molar-refractivity contribution in [2.45, 2.75) is 56.2 Å². The van der Waals surface area contributed by atoms with Crippen LogP contribution in [0.5, 0.6) is 0 Å². The van der Waals surface area contributed by atoms with Gasteiger partial charge in [-0.25, -0.2) is 8.78 Å². The number of carbonyl (C=O) groups excluding carboxylic acids is 2. The Labute approximate surface area is 277 Å². The van der Waals surface area contributed by atoms with E-state index in [9.17, 15) is 44.7 Å². The number of rotatable bonds is 6. The highest BCUT2D eigenvalue weighted by Gasteiger charge is 2.41. The van der Waals surface area contributed by atoms with Crippen LogP contribution in [0.15, 0.2) is 59.4 Å². The molecular weight excluding hydrogens is 664 g/mol. The lowest BCUT2D eigenvalue weighted by molar-refractivity contribution is -0.143. The summed E-state index contributed by atoms with van der Waals surface area (Å²) in [6.07, 6.45) is -5.78. The number of hydrogen-bond acceptors (Lipinski definition) is 5. The summed E-state index contributed by atoms with van der Waals surface area (Å²) >= 11 is 0. The lowest BCUT2D eigenvalue weighted by Crippen LogP contribution is -2.58. The number of hydrogen-bond donors (Lipinski definition) is 0. The van der Waals surface area contributed by atoms with Gasteiger partial charge in [0.2, 0.25) is 0 Å². The smallest absolute Gasteiger partial charge is 0.416 e. The standard InChI is InChI=1S/C34H34F8N4O3/c35-29-2-1-21(14-30(29)36)13-28-18-26(4-7-46(28)32(48)23-15-24(33(37,38)39)17-25(16-23)34(40,41)42)43-8-10-44(11-9-43)27-3-6-45(19-27)31(47)22-5-12-49-20-22/h1-2,5,12,14-17,20,26-28H,3-4,6-11,13,18-19H2. The Bertz CT molecular complexity index is 1620. The Balaban J connectivity index is 1.16. The molecule has 4 heterocycles. The van der Waals surface area contributed by atoms with Crippen LogP contribution in [0.1, 0.15) is 56.7 Å². The van der Waals surface area contributed by atoms with Crippen LogP contribution < -0.4 is 0 Å². The molecule has 7 nitrogen and oxygen atoms in total. The maximum Gasteiger partial charge on any atom is 0.416 e. The number of furan rings is 1. The first kappa shape index (κ1) is 34.9. The molecule has 3 atom stereocenters. The lowest BCUT2D eigenvalue weighted by Gasteiger charge is -2.47. The Morgan fingerprint density at radius 3 is 1.94 bits per heavy atom. The third-order valence-electron chi connectivity index (χ3n) is 9.84. The maximum atomic E-state index is 14.1. The topological polar surface area (TPSA) is 60.2 Å².